The number of aryl methyl sites for hydroxylation is 2. The molecular weight excluding hydrogens is 270 g/mol. The Labute approximate surface area is 123 Å². The van der Waals surface area contributed by atoms with Gasteiger partial charge in [0.15, 0.2) is 5.75 Å². The Morgan fingerprint density at radius 3 is 2.14 bits per heavy atom. The lowest BCUT2D eigenvalue weighted by molar-refractivity contribution is -0.385. The van der Waals surface area contributed by atoms with Crippen molar-refractivity contribution in [3.8, 4) is 11.5 Å². The summed E-state index contributed by atoms with van der Waals surface area (Å²) >= 11 is 0. The fraction of sp³-hybridized carbons (Fsp3) is 0.250. The van der Waals surface area contributed by atoms with E-state index in [1.807, 2.05) is 30.3 Å². The van der Waals surface area contributed by atoms with E-state index in [2.05, 4.69) is 0 Å². The molecule has 2 aromatic rings. The summed E-state index contributed by atoms with van der Waals surface area (Å²) < 4.78 is 10.1. The first-order valence-electron chi connectivity index (χ1n) is 6.58. The molecule has 0 spiro atoms. The van der Waals surface area contributed by atoms with E-state index in [-0.39, 0.29) is 11.4 Å². The SMILES string of the molecule is COc1ccc(CCc2ccc(OC)c([N+](=O)[O-])c2)cc1. The monoisotopic (exact) mass is 287 g/mol. The summed E-state index contributed by atoms with van der Waals surface area (Å²) in [7, 11) is 3.06. The molecule has 0 saturated carbocycles. The highest BCUT2D eigenvalue weighted by atomic mass is 16.6. The minimum Gasteiger partial charge on any atom is -0.497 e. The highest BCUT2D eigenvalue weighted by Crippen LogP contribution is 2.28. The van der Waals surface area contributed by atoms with Crippen LogP contribution in [-0.2, 0) is 12.8 Å². The first-order chi connectivity index (χ1) is 10.1. The lowest BCUT2D eigenvalue weighted by atomic mass is 10.0. The van der Waals surface area contributed by atoms with E-state index in [0.29, 0.717) is 0 Å². The molecule has 0 aliphatic carbocycles. The summed E-state index contributed by atoms with van der Waals surface area (Å²) in [4.78, 5) is 10.6. The van der Waals surface area contributed by atoms with Crippen LogP contribution in [0.3, 0.4) is 0 Å². The molecule has 0 bridgehead atoms. The smallest absolute Gasteiger partial charge is 0.311 e. The Hall–Kier alpha value is -2.56. The fourth-order valence-corrected chi connectivity index (χ4v) is 2.11. The summed E-state index contributed by atoms with van der Waals surface area (Å²) in [5.41, 5.74) is 2.08. The van der Waals surface area contributed by atoms with Crippen LogP contribution in [-0.4, -0.2) is 19.1 Å². The molecule has 110 valence electrons. The number of methoxy groups -OCH3 is 2. The summed E-state index contributed by atoms with van der Waals surface area (Å²) in [6.45, 7) is 0. The minimum absolute atomic E-state index is 0.00438. The van der Waals surface area contributed by atoms with Gasteiger partial charge in [0.25, 0.3) is 0 Å². The molecule has 0 fully saturated rings. The zero-order valence-corrected chi connectivity index (χ0v) is 12.0. The number of hydrogen-bond donors (Lipinski definition) is 0. The maximum Gasteiger partial charge on any atom is 0.311 e. The van der Waals surface area contributed by atoms with E-state index in [0.717, 1.165) is 29.7 Å². The van der Waals surface area contributed by atoms with E-state index in [9.17, 15) is 10.1 Å². The second kappa shape index (κ2) is 6.74. The number of nitro groups is 1. The molecule has 0 saturated heterocycles. The van der Waals surface area contributed by atoms with Crippen molar-refractivity contribution in [1.29, 1.82) is 0 Å². The van der Waals surface area contributed by atoms with Gasteiger partial charge in [-0.15, -0.1) is 0 Å². The van der Waals surface area contributed by atoms with Crippen molar-refractivity contribution in [1.82, 2.24) is 0 Å². The van der Waals surface area contributed by atoms with Gasteiger partial charge >= 0.3 is 5.69 Å². The largest absolute Gasteiger partial charge is 0.497 e. The maximum absolute atomic E-state index is 11.0. The molecule has 0 heterocycles. The Bertz CT molecular complexity index is 623. The van der Waals surface area contributed by atoms with Gasteiger partial charge in [-0.1, -0.05) is 18.2 Å². The summed E-state index contributed by atoms with van der Waals surface area (Å²) in [5.74, 6) is 1.10. The number of nitrogens with zero attached hydrogens (tertiary/aromatic N) is 1. The summed E-state index contributed by atoms with van der Waals surface area (Å²) in [6.07, 6.45) is 1.55. The Morgan fingerprint density at radius 1 is 0.952 bits per heavy atom. The molecule has 0 aliphatic rings. The van der Waals surface area contributed by atoms with Gasteiger partial charge in [-0.05, 0) is 42.2 Å². The predicted octanol–water partition coefficient (Wildman–Crippen LogP) is 3.40. The molecule has 0 unspecified atom stereocenters. The van der Waals surface area contributed by atoms with Crippen molar-refractivity contribution >= 4 is 5.69 Å². The molecule has 5 nitrogen and oxygen atoms in total. The Kier molecular flexibility index (Phi) is 4.77. The molecule has 2 rings (SSSR count). The third-order valence-electron chi connectivity index (χ3n) is 3.30. The van der Waals surface area contributed by atoms with Crippen molar-refractivity contribution in [2.45, 2.75) is 12.8 Å². The second-order valence-electron chi connectivity index (χ2n) is 4.61. The standard InChI is InChI=1S/C16H17NO4/c1-20-14-8-5-12(6-9-14)3-4-13-7-10-16(21-2)15(11-13)17(18)19/h5-11H,3-4H2,1-2H3. The third-order valence-corrected chi connectivity index (χ3v) is 3.30. The van der Waals surface area contributed by atoms with Gasteiger partial charge in [0.1, 0.15) is 5.75 Å². The van der Waals surface area contributed by atoms with Crippen LogP contribution in [0.2, 0.25) is 0 Å². The molecule has 0 aliphatic heterocycles. The molecule has 0 radical (unpaired) electrons. The molecular formula is C16H17NO4. The third kappa shape index (κ3) is 3.72. The zero-order chi connectivity index (χ0) is 15.2. The number of rotatable bonds is 6. The molecule has 0 atom stereocenters. The Morgan fingerprint density at radius 2 is 1.57 bits per heavy atom. The van der Waals surface area contributed by atoms with Crippen molar-refractivity contribution in [2.24, 2.45) is 0 Å². The van der Waals surface area contributed by atoms with Gasteiger partial charge in [-0.2, -0.15) is 0 Å². The van der Waals surface area contributed by atoms with Crippen molar-refractivity contribution < 1.29 is 14.4 Å². The highest BCUT2D eigenvalue weighted by Gasteiger charge is 2.14. The van der Waals surface area contributed by atoms with Crippen LogP contribution < -0.4 is 9.47 Å². The van der Waals surface area contributed by atoms with Crippen molar-refractivity contribution in [3.63, 3.8) is 0 Å². The van der Waals surface area contributed by atoms with Gasteiger partial charge in [0, 0.05) is 6.07 Å². The first-order valence-corrected chi connectivity index (χ1v) is 6.58. The second-order valence-corrected chi connectivity index (χ2v) is 4.61. The molecule has 2 aromatic carbocycles. The van der Waals surface area contributed by atoms with E-state index in [4.69, 9.17) is 9.47 Å². The summed E-state index contributed by atoms with van der Waals surface area (Å²) in [5, 5.41) is 11.0. The number of nitro benzene ring substituents is 1. The Balaban J connectivity index is 2.08. The van der Waals surface area contributed by atoms with Crippen LogP contribution in [0.25, 0.3) is 0 Å². The molecule has 0 amide bonds. The zero-order valence-electron chi connectivity index (χ0n) is 12.0. The quantitative estimate of drug-likeness (QED) is 0.603. The van der Waals surface area contributed by atoms with Crippen molar-refractivity contribution in [2.75, 3.05) is 14.2 Å². The van der Waals surface area contributed by atoms with Gasteiger partial charge in [-0.25, -0.2) is 0 Å². The van der Waals surface area contributed by atoms with Gasteiger partial charge in [-0.3, -0.25) is 10.1 Å². The number of benzene rings is 2. The predicted molar refractivity (Wildman–Crippen MR) is 80.1 cm³/mol. The van der Waals surface area contributed by atoms with E-state index < -0.39 is 4.92 Å². The van der Waals surface area contributed by atoms with Crippen LogP contribution in [0.4, 0.5) is 5.69 Å². The van der Waals surface area contributed by atoms with E-state index >= 15 is 0 Å². The topological polar surface area (TPSA) is 61.6 Å². The first kappa shape index (κ1) is 14.8. The van der Waals surface area contributed by atoms with Gasteiger partial charge in [0.05, 0.1) is 19.1 Å². The van der Waals surface area contributed by atoms with Crippen LogP contribution in [0.1, 0.15) is 11.1 Å². The average Bonchev–Trinajstić information content (AvgIpc) is 2.53. The molecule has 0 aromatic heterocycles. The lowest BCUT2D eigenvalue weighted by Gasteiger charge is -2.06. The van der Waals surface area contributed by atoms with E-state index in [1.54, 1.807) is 19.2 Å². The highest BCUT2D eigenvalue weighted by molar-refractivity contribution is 5.48. The van der Waals surface area contributed by atoms with Gasteiger partial charge in [0.2, 0.25) is 0 Å². The van der Waals surface area contributed by atoms with Crippen LogP contribution >= 0.6 is 0 Å². The van der Waals surface area contributed by atoms with Crippen molar-refractivity contribution in [3.05, 3.63) is 63.7 Å². The number of hydrogen-bond acceptors (Lipinski definition) is 4. The number of ether oxygens (including phenoxy) is 2. The average molecular weight is 287 g/mol. The minimum atomic E-state index is -0.421. The van der Waals surface area contributed by atoms with Crippen LogP contribution in [0.15, 0.2) is 42.5 Å². The summed E-state index contributed by atoms with van der Waals surface area (Å²) in [6, 6.07) is 12.9. The normalized spacial score (nSPS) is 10.2. The van der Waals surface area contributed by atoms with E-state index in [1.165, 1.54) is 7.11 Å². The molecule has 21 heavy (non-hydrogen) atoms. The molecule has 5 heteroatoms. The lowest BCUT2D eigenvalue weighted by Crippen LogP contribution is -1.97. The molecule has 0 N–H and O–H groups in total. The van der Waals surface area contributed by atoms with Gasteiger partial charge < -0.3 is 9.47 Å². The maximum atomic E-state index is 11.0. The fourth-order valence-electron chi connectivity index (χ4n) is 2.11. The van der Waals surface area contributed by atoms with Crippen LogP contribution in [0, 0.1) is 10.1 Å². The van der Waals surface area contributed by atoms with Crippen LogP contribution in [0.5, 0.6) is 11.5 Å².